The van der Waals surface area contributed by atoms with E-state index in [1.165, 1.54) is 12.1 Å². The number of imidazole rings is 1. The van der Waals surface area contributed by atoms with Crippen molar-refractivity contribution in [3.05, 3.63) is 114 Å². The van der Waals surface area contributed by atoms with Crippen LogP contribution in [-0.4, -0.2) is 30.2 Å². The molecule has 0 saturated heterocycles. The van der Waals surface area contributed by atoms with E-state index in [0.717, 1.165) is 16.5 Å². The minimum Gasteiger partial charge on any atom is -0.338 e. The number of benzene rings is 2. The van der Waals surface area contributed by atoms with Gasteiger partial charge < -0.3 is 9.88 Å². The van der Waals surface area contributed by atoms with Crippen molar-refractivity contribution in [1.82, 2.24) is 29.6 Å². The SMILES string of the molecule is Cn1ccnc1C(NC(=O)c1cnc2c(cnn2Cc2ccccc2)c1)c1ccc(F)cc1. The number of amides is 1. The molecule has 0 saturated carbocycles. The molecule has 164 valence electrons. The molecular weight excluding hydrogens is 419 g/mol. The molecule has 0 bridgehead atoms. The Hall–Kier alpha value is -4.33. The van der Waals surface area contributed by atoms with Gasteiger partial charge in [0.1, 0.15) is 17.7 Å². The molecule has 1 N–H and O–H groups in total. The van der Waals surface area contributed by atoms with Crippen LogP contribution in [0.3, 0.4) is 0 Å². The van der Waals surface area contributed by atoms with Gasteiger partial charge in [-0.15, -0.1) is 0 Å². The number of hydrogen-bond donors (Lipinski definition) is 1. The van der Waals surface area contributed by atoms with Crippen molar-refractivity contribution in [2.24, 2.45) is 7.05 Å². The normalized spacial score (nSPS) is 12.1. The maximum absolute atomic E-state index is 13.5. The summed E-state index contributed by atoms with van der Waals surface area (Å²) in [5.41, 5.74) is 2.95. The van der Waals surface area contributed by atoms with Crippen LogP contribution in [-0.2, 0) is 13.6 Å². The molecule has 1 atom stereocenters. The minimum absolute atomic E-state index is 0.308. The van der Waals surface area contributed by atoms with Crippen LogP contribution in [0.2, 0.25) is 0 Å². The summed E-state index contributed by atoms with van der Waals surface area (Å²) in [6.07, 6.45) is 6.71. The molecule has 3 heterocycles. The first kappa shape index (κ1) is 20.6. The second kappa shape index (κ2) is 8.66. The van der Waals surface area contributed by atoms with Crippen LogP contribution in [0.25, 0.3) is 11.0 Å². The molecule has 0 spiro atoms. The maximum atomic E-state index is 13.5. The van der Waals surface area contributed by atoms with E-state index in [1.54, 1.807) is 43.0 Å². The van der Waals surface area contributed by atoms with E-state index in [1.807, 2.05) is 46.6 Å². The summed E-state index contributed by atoms with van der Waals surface area (Å²) in [5, 5.41) is 8.22. The molecule has 0 aliphatic rings. The molecular formula is C25H21FN6O. The van der Waals surface area contributed by atoms with Gasteiger partial charge in [0.25, 0.3) is 5.91 Å². The van der Waals surface area contributed by atoms with Crippen LogP contribution in [0.15, 0.2) is 85.5 Å². The number of nitrogens with one attached hydrogen (secondary N) is 1. The van der Waals surface area contributed by atoms with Gasteiger partial charge in [-0.2, -0.15) is 5.10 Å². The van der Waals surface area contributed by atoms with Gasteiger partial charge in [0, 0.05) is 31.0 Å². The lowest BCUT2D eigenvalue weighted by Crippen LogP contribution is -2.31. The van der Waals surface area contributed by atoms with Crippen LogP contribution in [0.5, 0.6) is 0 Å². The van der Waals surface area contributed by atoms with E-state index in [0.29, 0.717) is 23.6 Å². The number of aryl methyl sites for hydroxylation is 1. The molecule has 33 heavy (non-hydrogen) atoms. The number of halogens is 1. The summed E-state index contributed by atoms with van der Waals surface area (Å²) >= 11 is 0. The number of pyridine rings is 1. The number of fused-ring (bicyclic) bond motifs is 1. The molecule has 2 aromatic carbocycles. The smallest absolute Gasteiger partial charge is 0.253 e. The number of nitrogens with zero attached hydrogens (tertiary/aromatic N) is 5. The quantitative estimate of drug-likeness (QED) is 0.435. The topological polar surface area (TPSA) is 77.6 Å². The highest BCUT2D eigenvalue weighted by atomic mass is 19.1. The molecule has 0 fully saturated rings. The van der Waals surface area contributed by atoms with E-state index >= 15 is 0 Å². The number of rotatable bonds is 6. The Morgan fingerprint density at radius 1 is 1.06 bits per heavy atom. The van der Waals surface area contributed by atoms with Crippen molar-refractivity contribution in [3.63, 3.8) is 0 Å². The summed E-state index contributed by atoms with van der Waals surface area (Å²) in [6.45, 7) is 0.592. The van der Waals surface area contributed by atoms with Crippen molar-refractivity contribution in [1.29, 1.82) is 0 Å². The fourth-order valence-corrected chi connectivity index (χ4v) is 3.79. The highest BCUT2D eigenvalue weighted by Crippen LogP contribution is 2.22. The number of aromatic nitrogens is 5. The van der Waals surface area contributed by atoms with E-state index in [2.05, 4.69) is 20.4 Å². The van der Waals surface area contributed by atoms with Gasteiger partial charge in [0.15, 0.2) is 5.65 Å². The third kappa shape index (κ3) is 4.23. The Morgan fingerprint density at radius 2 is 1.85 bits per heavy atom. The highest BCUT2D eigenvalue weighted by molar-refractivity contribution is 5.97. The number of hydrogen-bond acceptors (Lipinski definition) is 4. The van der Waals surface area contributed by atoms with Crippen molar-refractivity contribution >= 4 is 16.9 Å². The molecule has 0 radical (unpaired) electrons. The predicted octanol–water partition coefficient (Wildman–Crippen LogP) is 3.87. The van der Waals surface area contributed by atoms with Crippen LogP contribution < -0.4 is 5.32 Å². The van der Waals surface area contributed by atoms with Crippen molar-refractivity contribution < 1.29 is 9.18 Å². The molecule has 3 aromatic heterocycles. The van der Waals surface area contributed by atoms with Gasteiger partial charge in [-0.25, -0.2) is 19.0 Å². The lowest BCUT2D eigenvalue weighted by molar-refractivity contribution is 0.0941. The average Bonchev–Trinajstić information content (AvgIpc) is 3.44. The molecule has 8 heteroatoms. The van der Waals surface area contributed by atoms with E-state index in [4.69, 9.17) is 0 Å². The van der Waals surface area contributed by atoms with E-state index < -0.39 is 6.04 Å². The summed E-state index contributed by atoms with van der Waals surface area (Å²) < 4.78 is 17.1. The lowest BCUT2D eigenvalue weighted by atomic mass is 10.1. The van der Waals surface area contributed by atoms with Crippen molar-refractivity contribution in [2.45, 2.75) is 12.6 Å². The van der Waals surface area contributed by atoms with Crippen molar-refractivity contribution in [3.8, 4) is 0 Å². The molecule has 0 aliphatic carbocycles. The van der Waals surface area contributed by atoms with Gasteiger partial charge in [-0.1, -0.05) is 42.5 Å². The second-order valence-electron chi connectivity index (χ2n) is 7.78. The lowest BCUT2D eigenvalue weighted by Gasteiger charge is -2.19. The third-order valence-electron chi connectivity index (χ3n) is 5.51. The Bertz CT molecular complexity index is 1410. The number of carbonyl (C=O) groups is 1. The van der Waals surface area contributed by atoms with Gasteiger partial charge in [0.2, 0.25) is 0 Å². The second-order valence-corrected chi connectivity index (χ2v) is 7.78. The van der Waals surface area contributed by atoms with Gasteiger partial charge in [0.05, 0.1) is 18.3 Å². The van der Waals surface area contributed by atoms with Gasteiger partial charge in [-0.3, -0.25) is 4.79 Å². The summed E-state index contributed by atoms with van der Waals surface area (Å²) in [6, 6.07) is 17.2. The number of carbonyl (C=O) groups excluding carboxylic acids is 1. The zero-order chi connectivity index (χ0) is 22.8. The first-order chi connectivity index (χ1) is 16.1. The summed E-state index contributed by atoms with van der Waals surface area (Å²) in [4.78, 5) is 22.0. The molecule has 1 unspecified atom stereocenters. The van der Waals surface area contributed by atoms with Gasteiger partial charge >= 0.3 is 0 Å². The minimum atomic E-state index is -0.547. The Balaban J connectivity index is 1.42. The molecule has 5 rings (SSSR count). The van der Waals surface area contributed by atoms with Crippen molar-refractivity contribution in [2.75, 3.05) is 0 Å². The summed E-state index contributed by atoms with van der Waals surface area (Å²) in [5.74, 6) is -0.0111. The molecule has 0 aliphatic heterocycles. The Kier molecular flexibility index (Phi) is 5.40. The predicted molar refractivity (Wildman–Crippen MR) is 122 cm³/mol. The fourth-order valence-electron chi connectivity index (χ4n) is 3.79. The zero-order valence-electron chi connectivity index (χ0n) is 17.9. The van der Waals surface area contributed by atoms with E-state index in [-0.39, 0.29) is 11.7 Å². The first-order valence-corrected chi connectivity index (χ1v) is 10.5. The highest BCUT2D eigenvalue weighted by Gasteiger charge is 2.22. The van der Waals surface area contributed by atoms with Crippen LogP contribution in [0.4, 0.5) is 4.39 Å². The standard InChI is InChI=1S/C25H21FN6O/c1-31-12-11-27-24(31)22(18-7-9-21(26)10-8-18)30-25(33)20-13-19-15-29-32(23(19)28-14-20)16-17-5-3-2-4-6-17/h2-15,22H,16H2,1H3,(H,30,33). The average molecular weight is 440 g/mol. The molecule has 7 nitrogen and oxygen atoms in total. The van der Waals surface area contributed by atoms with E-state index in [9.17, 15) is 9.18 Å². The third-order valence-corrected chi connectivity index (χ3v) is 5.51. The Morgan fingerprint density at radius 3 is 2.58 bits per heavy atom. The first-order valence-electron chi connectivity index (χ1n) is 10.5. The molecule has 1 amide bonds. The van der Waals surface area contributed by atoms with Gasteiger partial charge in [-0.05, 0) is 29.3 Å². The largest absolute Gasteiger partial charge is 0.338 e. The van der Waals surface area contributed by atoms with Crippen LogP contribution in [0, 0.1) is 5.82 Å². The van der Waals surface area contributed by atoms with Crippen LogP contribution >= 0.6 is 0 Å². The monoisotopic (exact) mass is 440 g/mol. The zero-order valence-corrected chi connectivity index (χ0v) is 17.9. The maximum Gasteiger partial charge on any atom is 0.253 e. The Labute approximate surface area is 189 Å². The summed E-state index contributed by atoms with van der Waals surface area (Å²) in [7, 11) is 1.85. The fraction of sp³-hybridized carbons (Fsp3) is 0.120. The van der Waals surface area contributed by atoms with Crippen LogP contribution in [0.1, 0.15) is 33.4 Å². The molecule has 5 aromatic rings.